The van der Waals surface area contributed by atoms with E-state index in [0.29, 0.717) is 12.0 Å². The van der Waals surface area contributed by atoms with Crippen molar-refractivity contribution in [2.75, 3.05) is 13.1 Å². The first kappa shape index (κ1) is 14.3. The van der Waals surface area contributed by atoms with Crippen molar-refractivity contribution in [2.45, 2.75) is 25.9 Å². The van der Waals surface area contributed by atoms with Crippen molar-refractivity contribution in [3.8, 4) is 0 Å². The Balaban J connectivity index is 0.00000128. The standard InChI is InChI=1S/C11H17ClN2S.ClH/c1-8-6-14(4-2-10(8)13)7-9-3-5-15-11(9)12;/h3,5,8,10H,2,4,6-7,13H2,1H3;1H. The van der Waals surface area contributed by atoms with Gasteiger partial charge in [0.2, 0.25) is 0 Å². The van der Waals surface area contributed by atoms with Crippen LogP contribution in [0.2, 0.25) is 4.34 Å². The summed E-state index contributed by atoms with van der Waals surface area (Å²) < 4.78 is 0.928. The highest BCUT2D eigenvalue weighted by molar-refractivity contribution is 7.14. The third-order valence-electron chi connectivity index (χ3n) is 3.14. The second-order valence-corrected chi connectivity index (χ2v) is 5.90. The first-order chi connectivity index (χ1) is 7.16. The Bertz CT molecular complexity index is 330. The van der Waals surface area contributed by atoms with Gasteiger partial charge in [-0.1, -0.05) is 18.5 Å². The van der Waals surface area contributed by atoms with Gasteiger partial charge in [-0.15, -0.1) is 23.7 Å². The summed E-state index contributed by atoms with van der Waals surface area (Å²) >= 11 is 7.70. The molecule has 1 aliphatic rings. The summed E-state index contributed by atoms with van der Waals surface area (Å²) in [5.41, 5.74) is 7.25. The van der Waals surface area contributed by atoms with Crippen LogP contribution < -0.4 is 5.73 Å². The summed E-state index contributed by atoms with van der Waals surface area (Å²) in [5, 5.41) is 2.05. The van der Waals surface area contributed by atoms with E-state index < -0.39 is 0 Å². The van der Waals surface area contributed by atoms with Gasteiger partial charge in [-0.3, -0.25) is 4.90 Å². The first-order valence-corrected chi connectivity index (χ1v) is 6.62. The summed E-state index contributed by atoms with van der Waals surface area (Å²) in [5.74, 6) is 0.594. The summed E-state index contributed by atoms with van der Waals surface area (Å²) in [7, 11) is 0. The molecule has 1 aliphatic heterocycles. The zero-order valence-electron chi connectivity index (χ0n) is 9.36. The molecule has 92 valence electrons. The molecule has 16 heavy (non-hydrogen) atoms. The highest BCUT2D eigenvalue weighted by Gasteiger charge is 2.23. The number of likely N-dealkylation sites (tertiary alicyclic amines) is 1. The average molecular weight is 281 g/mol. The molecular weight excluding hydrogens is 263 g/mol. The van der Waals surface area contributed by atoms with Crippen molar-refractivity contribution >= 4 is 35.3 Å². The largest absolute Gasteiger partial charge is 0.327 e. The van der Waals surface area contributed by atoms with Crippen LogP contribution in [0.5, 0.6) is 0 Å². The van der Waals surface area contributed by atoms with Crippen LogP contribution in [0, 0.1) is 5.92 Å². The molecule has 2 atom stereocenters. The van der Waals surface area contributed by atoms with Crippen molar-refractivity contribution in [1.82, 2.24) is 4.90 Å². The van der Waals surface area contributed by atoms with Gasteiger partial charge in [0.15, 0.2) is 0 Å². The van der Waals surface area contributed by atoms with Crippen LogP contribution in [0.25, 0.3) is 0 Å². The topological polar surface area (TPSA) is 29.3 Å². The van der Waals surface area contributed by atoms with Crippen LogP contribution in [-0.4, -0.2) is 24.0 Å². The van der Waals surface area contributed by atoms with Gasteiger partial charge in [-0.05, 0) is 35.9 Å². The van der Waals surface area contributed by atoms with Gasteiger partial charge in [-0.2, -0.15) is 0 Å². The van der Waals surface area contributed by atoms with Crippen molar-refractivity contribution in [1.29, 1.82) is 0 Å². The summed E-state index contributed by atoms with van der Waals surface area (Å²) in [6.45, 7) is 5.39. The van der Waals surface area contributed by atoms with Gasteiger partial charge in [0.1, 0.15) is 0 Å². The average Bonchev–Trinajstić information content (AvgIpc) is 2.59. The van der Waals surface area contributed by atoms with Gasteiger partial charge in [0.25, 0.3) is 0 Å². The van der Waals surface area contributed by atoms with E-state index in [0.717, 1.165) is 30.4 Å². The van der Waals surface area contributed by atoms with E-state index in [9.17, 15) is 0 Å². The Labute approximate surface area is 112 Å². The predicted octanol–water partition coefficient (Wildman–Crippen LogP) is 2.99. The van der Waals surface area contributed by atoms with E-state index in [4.69, 9.17) is 17.3 Å². The fourth-order valence-electron chi connectivity index (χ4n) is 2.07. The van der Waals surface area contributed by atoms with Gasteiger partial charge in [0.05, 0.1) is 4.34 Å². The number of nitrogens with two attached hydrogens (primary N) is 1. The van der Waals surface area contributed by atoms with E-state index >= 15 is 0 Å². The van der Waals surface area contributed by atoms with Crippen molar-refractivity contribution in [3.05, 3.63) is 21.3 Å². The summed E-state index contributed by atoms with van der Waals surface area (Å²) in [4.78, 5) is 2.45. The minimum Gasteiger partial charge on any atom is -0.327 e. The molecule has 2 nitrogen and oxygen atoms in total. The molecule has 0 saturated carbocycles. The fourth-order valence-corrected chi connectivity index (χ4v) is 2.98. The Morgan fingerprint density at radius 2 is 2.38 bits per heavy atom. The summed E-state index contributed by atoms with van der Waals surface area (Å²) in [6.07, 6.45) is 1.10. The van der Waals surface area contributed by atoms with E-state index in [-0.39, 0.29) is 12.4 Å². The van der Waals surface area contributed by atoms with Gasteiger partial charge >= 0.3 is 0 Å². The van der Waals surface area contributed by atoms with Crippen molar-refractivity contribution in [2.24, 2.45) is 11.7 Å². The molecule has 1 aromatic heterocycles. The number of rotatable bonds is 2. The molecule has 2 rings (SSSR count). The number of halogens is 2. The number of hydrogen-bond acceptors (Lipinski definition) is 3. The van der Waals surface area contributed by atoms with Crippen LogP contribution in [-0.2, 0) is 6.54 Å². The zero-order valence-corrected chi connectivity index (χ0v) is 11.7. The quantitative estimate of drug-likeness (QED) is 0.903. The normalized spacial score (nSPS) is 26.4. The molecule has 2 heterocycles. The minimum absolute atomic E-state index is 0. The molecule has 0 bridgehead atoms. The van der Waals surface area contributed by atoms with Crippen LogP contribution in [0.4, 0.5) is 0 Å². The molecule has 1 aromatic rings. The molecule has 1 fully saturated rings. The SMILES string of the molecule is CC1CN(Cc2ccsc2Cl)CCC1N.Cl. The molecular formula is C11H18Cl2N2S. The molecule has 2 unspecified atom stereocenters. The molecule has 0 spiro atoms. The van der Waals surface area contributed by atoms with Crippen LogP contribution in [0.3, 0.4) is 0 Å². The molecule has 5 heteroatoms. The molecule has 0 amide bonds. The molecule has 1 saturated heterocycles. The fraction of sp³-hybridized carbons (Fsp3) is 0.636. The Morgan fingerprint density at radius 1 is 1.62 bits per heavy atom. The van der Waals surface area contributed by atoms with Gasteiger partial charge < -0.3 is 5.73 Å². The Hall–Kier alpha value is 0.200. The maximum Gasteiger partial charge on any atom is 0.0973 e. The van der Waals surface area contributed by atoms with Crippen LogP contribution in [0.1, 0.15) is 18.9 Å². The molecule has 0 radical (unpaired) electrons. The first-order valence-electron chi connectivity index (χ1n) is 5.36. The summed E-state index contributed by atoms with van der Waals surface area (Å²) in [6, 6.07) is 2.49. The van der Waals surface area contributed by atoms with Crippen LogP contribution >= 0.6 is 35.3 Å². The number of hydrogen-bond donors (Lipinski definition) is 1. The molecule has 0 aromatic carbocycles. The van der Waals surface area contributed by atoms with E-state index in [1.54, 1.807) is 11.3 Å². The highest BCUT2D eigenvalue weighted by Crippen LogP contribution is 2.25. The lowest BCUT2D eigenvalue weighted by Gasteiger charge is -2.34. The maximum absolute atomic E-state index is 6.09. The third-order valence-corrected chi connectivity index (χ3v) is 4.39. The Kier molecular flexibility index (Phi) is 5.54. The lowest BCUT2D eigenvalue weighted by molar-refractivity contribution is 0.158. The minimum atomic E-state index is 0. The second kappa shape index (κ2) is 6.22. The van der Waals surface area contributed by atoms with Crippen LogP contribution in [0.15, 0.2) is 11.4 Å². The number of thiophene rings is 1. The highest BCUT2D eigenvalue weighted by atomic mass is 35.5. The number of nitrogens with zero attached hydrogens (tertiary/aromatic N) is 1. The second-order valence-electron chi connectivity index (χ2n) is 4.38. The van der Waals surface area contributed by atoms with E-state index in [1.807, 2.05) is 0 Å². The Morgan fingerprint density at radius 3 is 2.94 bits per heavy atom. The molecule has 0 aliphatic carbocycles. The maximum atomic E-state index is 6.09. The van der Waals surface area contributed by atoms with E-state index in [2.05, 4.69) is 23.3 Å². The van der Waals surface area contributed by atoms with E-state index in [1.165, 1.54) is 5.56 Å². The molecule has 2 N–H and O–H groups in total. The lowest BCUT2D eigenvalue weighted by Crippen LogP contribution is -2.45. The van der Waals surface area contributed by atoms with Gasteiger partial charge in [-0.25, -0.2) is 0 Å². The van der Waals surface area contributed by atoms with Crippen molar-refractivity contribution < 1.29 is 0 Å². The monoisotopic (exact) mass is 280 g/mol. The number of piperidine rings is 1. The predicted molar refractivity (Wildman–Crippen MR) is 73.6 cm³/mol. The van der Waals surface area contributed by atoms with Gasteiger partial charge in [0, 0.05) is 19.1 Å². The van der Waals surface area contributed by atoms with Crippen molar-refractivity contribution in [3.63, 3.8) is 0 Å². The third kappa shape index (κ3) is 3.34. The zero-order chi connectivity index (χ0) is 10.8. The lowest BCUT2D eigenvalue weighted by atomic mass is 9.95. The smallest absolute Gasteiger partial charge is 0.0973 e.